The molecule has 1 amide bonds. The topological polar surface area (TPSA) is 20.3 Å². The molecule has 0 aliphatic carbocycles. The Morgan fingerprint density at radius 1 is 1.38 bits per heavy atom. The zero-order valence-corrected chi connectivity index (χ0v) is 9.00. The second-order valence-electron chi connectivity index (χ2n) is 3.05. The summed E-state index contributed by atoms with van der Waals surface area (Å²) >= 11 is 0. The molecule has 74 valence electrons. The lowest BCUT2D eigenvalue weighted by Crippen LogP contribution is -2.24. The van der Waals surface area contributed by atoms with Crippen molar-refractivity contribution >= 4 is 5.91 Å². The van der Waals surface area contributed by atoms with Gasteiger partial charge in [-0.3, -0.25) is 4.79 Å². The highest BCUT2D eigenvalue weighted by Gasteiger charge is 2.01. The van der Waals surface area contributed by atoms with Crippen LogP contribution in [-0.4, -0.2) is 24.4 Å². The summed E-state index contributed by atoms with van der Waals surface area (Å²) in [6.07, 6.45) is 7.10. The fourth-order valence-corrected chi connectivity index (χ4v) is 0.992. The molecule has 0 aliphatic heterocycles. The Morgan fingerprint density at radius 2 is 2.00 bits per heavy atom. The van der Waals surface area contributed by atoms with E-state index >= 15 is 0 Å². The van der Waals surface area contributed by atoms with Crippen molar-refractivity contribution in [2.75, 3.05) is 13.6 Å². The fourth-order valence-electron chi connectivity index (χ4n) is 0.992. The molecule has 13 heavy (non-hydrogen) atoms. The molecular weight excluding hydrogens is 162 g/mol. The molecule has 2 heteroatoms. The zero-order chi connectivity index (χ0) is 10.3. The van der Waals surface area contributed by atoms with E-state index in [1.807, 2.05) is 27.0 Å². The number of hydrogen-bond donors (Lipinski definition) is 0. The molecule has 0 heterocycles. The van der Waals surface area contributed by atoms with Crippen LogP contribution in [0.25, 0.3) is 0 Å². The van der Waals surface area contributed by atoms with E-state index < -0.39 is 0 Å². The number of rotatable bonds is 4. The van der Waals surface area contributed by atoms with Crippen molar-refractivity contribution in [2.24, 2.45) is 0 Å². The van der Waals surface area contributed by atoms with Crippen LogP contribution in [0.2, 0.25) is 0 Å². The van der Waals surface area contributed by atoms with Crippen LogP contribution >= 0.6 is 0 Å². The number of allylic oxidation sites excluding steroid dienone is 3. The summed E-state index contributed by atoms with van der Waals surface area (Å²) in [6.45, 7) is 6.39. The Kier molecular flexibility index (Phi) is 5.94. The minimum Gasteiger partial charge on any atom is -0.346 e. The summed E-state index contributed by atoms with van der Waals surface area (Å²) in [6, 6.07) is 0. The van der Waals surface area contributed by atoms with Gasteiger partial charge in [0.2, 0.25) is 5.91 Å². The van der Waals surface area contributed by atoms with Crippen LogP contribution < -0.4 is 0 Å². The summed E-state index contributed by atoms with van der Waals surface area (Å²) in [4.78, 5) is 12.6. The highest BCUT2D eigenvalue weighted by Crippen LogP contribution is 2.04. The lowest BCUT2D eigenvalue weighted by atomic mass is 10.1. The Balaban J connectivity index is 3.93. The van der Waals surface area contributed by atoms with E-state index in [1.165, 1.54) is 5.57 Å². The highest BCUT2D eigenvalue weighted by atomic mass is 16.2. The molecule has 0 aromatic carbocycles. The monoisotopic (exact) mass is 181 g/mol. The van der Waals surface area contributed by atoms with Crippen LogP contribution in [0.5, 0.6) is 0 Å². The van der Waals surface area contributed by atoms with E-state index in [-0.39, 0.29) is 5.91 Å². The molecule has 0 aliphatic rings. The summed E-state index contributed by atoms with van der Waals surface area (Å²) in [7, 11) is 1.82. The maximum atomic E-state index is 10.9. The lowest BCUT2D eigenvalue weighted by molar-refractivity contribution is -0.127. The molecular formula is C11H19NO. The van der Waals surface area contributed by atoms with Gasteiger partial charge < -0.3 is 4.90 Å². The smallest absolute Gasteiger partial charge is 0.219 e. The van der Waals surface area contributed by atoms with E-state index in [0.29, 0.717) is 0 Å². The quantitative estimate of drug-likeness (QED) is 0.610. The average molecular weight is 181 g/mol. The van der Waals surface area contributed by atoms with Crippen molar-refractivity contribution < 1.29 is 4.79 Å². The maximum absolute atomic E-state index is 10.9. The fraction of sp³-hybridized carbons (Fsp3) is 0.545. The van der Waals surface area contributed by atoms with E-state index in [0.717, 1.165) is 13.0 Å². The number of carbonyl (C=O) groups excluding carboxylic acids is 1. The Labute approximate surface area is 80.9 Å². The van der Waals surface area contributed by atoms with Gasteiger partial charge in [0.05, 0.1) is 0 Å². The SMILES string of the molecule is C/C=C\C(=C/C)CCN(C)C(C)=O. The molecule has 0 saturated heterocycles. The number of carbonyl (C=O) groups is 1. The van der Waals surface area contributed by atoms with Gasteiger partial charge in [0.25, 0.3) is 0 Å². The molecule has 0 radical (unpaired) electrons. The number of hydrogen-bond acceptors (Lipinski definition) is 1. The Hall–Kier alpha value is -1.05. The first-order valence-corrected chi connectivity index (χ1v) is 4.61. The molecule has 0 rings (SSSR count). The molecule has 0 N–H and O–H groups in total. The predicted octanol–water partition coefficient (Wildman–Crippen LogP) is 2.38. The normalized spacial score (nSPS) is 12.2. The highest BCUT2D eigenvalue weighted by molar-refractivity contribution is 5.72. The van der Waals surface area contributed by atoms with Crippen LogP contribution in [-0.2, 0) is 4.79 Å². The van der Waals surface area contributed by atoms with Crippen molar-refractivity contribution in [1.29, 1.82) is 0 Å². The van der Waals surface area contributed by atoms with E-state index in [4.69, 9.17) is 0 Å². The largest absolute Gasteiger partial charge is 0.346 e. The molecule has 0 unspecified atom stereocenters. The van der Waals surface area contributed by atoms with E-state index in [1.54, 1.807) is 11.8 Å². The zero-order valence-electron chi connectivity index (χ0n) is 9.00. The molecule has 0 spiro atoms. The van der Waals surface area contributed by atoms with Crippen LogP contribution in [0.4, 0.5) is 0 Å². The molecule has 0 saturated carbocycles. The van der Waals surface area contributed by atoms with Gasteiger partial charge >= 0.3 is 0 Å². The predicted molar refractivity (Wildman–Crippen MR) is 56.5 cm³/mol. The molecule has 0 bridgehead atoms. The van der Waals surface area contributed by atoms with Crippen LogP contribution in [0.3, 0.4) is 0 Å². The summed E-state index contributed by atoms with van der Waals surface area (Å²) in [5.74, 6) is 0.121. The van der Waals surface area contributed by atoms with Crippen molar-refractivity contribution in [1.82, 2.24) is 4.90 Å². The second-order valence-corrected chi connectivity index (χ2v) is 3.05. The third-order valence-electron chi connectivity index (χ3n) is 2.02. The first-order chi connectivity index (χ1) is 6.11. The van der Waals surface area contributed by atoms with Gasteiger partial charge in [-0.1, -0.05) is 23.8 Å². The number of amides is 1. The molecule has 0 aromatic heterocycles. The molecule has 0 atom stereocenters. The number of nitrogens with zero attached hydrogens (tertiary/aromatic N) is 1. The van der Waals surface area contributed by atoms with Crippen molar-refractivity contribution in [2.45, 2.75) is 27.2 Å². The molecule has 0 fully saturated rings. The summed E-state index contributed by atoms with van der Waals surface area (Å²) in [5, 5.41) is 0. The second kappa shape index (κ2) is 6.46. The lowest BCUT2D eigenvalue weighted by Gasteiger charge is -2.14. The first kappa shape index (κ1) is 11.9. The van der Waals surface area contributed by atoms with Crippen molar-refractivity contribution in [3.63, 3.8) is 0 Å². The van der Waals surface area contributed by atoms with Gasteiger partial charge in [-0.05, 0) is 20.3 Å². The Morgan fingerprint density at radius 3 is 2.38 bits per heavy atom. The Bertz CT molecular complexity index is 216. The summed E-state index contributed by atoms with van der Waals surface area (Å²) < 4.78 is 0. The summed E-state index contributed by atoms with van der Waals surface area (Å²) in [5.41, 5.74) is 1.27. The van der Waals surface area contributed by atoms with Crippen LogP contribution in [0.1, 0.15) is 27.2 Å². The average Bonchev–Trinajstić information content (AvgIpc) is 2.11. The molecule has 2 nitrogen and oxygen atoms in total. The van der Waals surface area contributed by atoms with Crippen LogP contribution in [0, 0.1) is 0 Å². The molecule has 0 aromatic rings. The van der Waals surface area contributed by atoms with Gasteiger partial charge in [-0.15, -0.1) is 0 Å². The standard InChI is InChI=1S/C11H19NO/c1-5-7-11(6-2)8-9-12(4)10(3)13/h5-7H,8-9H2,1-4H3/b7-5-,11-6+. The first-order valence-electron chi connectivity index (χ1n) is 4.61. The van der Waals surface area contributed by atoms with Gasteiger partial charge in [0.1, 0.15) is 0 Å². The van der Waals surface area contributed by atoms with Gasteiger partial charge in [-0.25, -0.2) is 0 Å². The van der Waals surface area contributed by atoms with Gasteiger partial charge in [-0.2, -0.15) is 0 Å². The van der Waals surface area contributed by atoms with Crippen LogP contribution in [0.15, 0.2) is 23.8 Å². The van der Waals surface area contributed by atoms with Gasteiger partial charge in [0.15, 0.2) is 0 Å². The third-order valence-corrected chi connectivity index (χ3v) is 2.02. The van der Waals surface area contributed by atoms with Gasteiger partial charge in [0, 0.05) is 20.5 Å². The van der Waals surface area contributed by atoms with Crippen molar-refractivity contribution in [3.8, 4) is 0 Å². The van der Waals surface area contributed by atoms with E-state index in [2.05, 4.69) is 12.2 Å². The van der Waals surface area contributed by atoms with Crippen molar-refractivity contribution in [3.05, 3.63) is 23.8 Å². The maximum Gasteiger partial charge on any atom is 0.219 e. The van der Waals surface area contributed by atoms with E-state index in [9.17, 15) is 4.79 Å². The minimum atomic E-state index is 0.121. The minimum absolute atomic E-state index is 0.121. The third kappa shape index (κ3) is 5.23.